The maximum Gasteiger partial charge on any atom is 0.180 e. The average Bonchev–Trinajstić information content (AvgIpc) is 1.67. The van der Waals surface area contributed by atoms with Gasteiger partial charge in [0, 0.05) is 6.54 Å². The van der Waals surface area contributed by atoms with Gasteiger partial charge in [-0.2, -0.15) is 0 Å². The smallest absolute Gasteiger partial charge is 0.180 e. The van der Waals surface area contributed by atoms with E-state index in [1.165, 1.54) is 5.01 Å². The SMILES string of the molecule is CCCN(N)C(N)=S. The van der Waals surface area contributed by atoms with E-state index in [2.05, 4.69) is 12.2 Å². The molecule has 4 N–H and O–H groups in total. The Morgan fingerprint density at radius 1 is 1.75 bits per heavy atom. The largest absolute Gasteiger partial charge is 0.375 e. The Kier molecular flexibility index (Phi) is 3.47. The third kappa shape index (κ3) is 2.76. The van der Waals surface area contributed by atoms with Crippen molar-refractivity contribution < 1.29 is 0 Å². The number of hydrazine groups is 1. The molecule has 4 heteroatoms. The molecule has 0 aromatic rings. The standard InChI is InChI=1S/C4H11N3S/c1-2-3-7(6)4(5)8/h2-3,6H2,1H3,(H2,5,8). The highest BCUT2D eigenvalue weighted by atomic mass is 32.1. The number of nitrogens with zero attached hydrogens (tertiary/aromatic N) is 1. The quantitative estimate of drug-likeness (QED) is 0.311. The van der Waals surface area contributed by atoms with Gasteiger partial charge in [-0.3, -0.25) is 5.01 Å². The molecule has 0 heterocycles. The first kappa shape index (κ1) is 7.65. The van der Waals surface area contributed by atoms with Gasteiger partial charge in [0.15, 0.2) is 5.11 Å². The number of nitrogens with two attached hydrogens (primary N) is 2. The summed E-state index contributed by atoms with van der Waals surface area (Å²) >= 11 is 4.56. The van der Waals surface area contributed by atoms with E-state index in [0.717, 1.165) is 13.0 Å². The number of rotatable bonds is 2. The van der Waals surface area contributed by atoms with E-state index >= 15 is 0 Å². The van der Waals surface area contributed by atoms with E-state index < -0.39 is 0 Å². The van der Waals surface area contributed by atoms with Crippen LogP contribution in [0.1, 0.15) is 13.3 Å². The van der Waals surface area contributed by atoms with E-state index in [1.807, 2.05) is 6.92 Å². The van der Waals surface area contributed by atoms with Crippen molar-refractivity contribution in [2.24, 2.45) is 11.6 Å². The van der Waals surface area contributed by atoms with Gasteiger partial charge in [0.1, 0.15) is 0 Å². The van der Waals surface area contributed by atoms with Crippen LogP contribution >= 0.6 is 12.2 Å². The zero-order valence-corrected chi connectivity index (χ0v) is 5.74. The lowest BCUT2D eigenvalue weighted by Gasteiger charge is -2.13. The minimum absolute atomic E-state index is 0.256. The molecule has 8 heavy (non-hydrogen) atoms. The minimum Gasteiger partial charge on any atom is -0.375 e. The molecule has 0 unspecified atom stereocenters. The Morgan fingerprint density at radius 3 is 2.38 bits per heavy atom. The summed E-state index contributed by atoms with van der Waals surface area (Å²) < 4.78 is 0. The molecule has 0 aliphatic heterocycles. The average molecular weight is 133 g/mol. The third-order valence-corrected chi connectivity index (χ3v) is 0.982. The highest BCUT2D eigenvalue weighted by molar-refractivity contribution is 7.80. The zero-order valence-electron chi connectivity index (χ0n) is 4.92. The summed E-state index contributed by atoms with van der Waals surface area (Å²) in [6.45, 7) is 2.74. The van der Waals surface area contributed by atoms with Crippen LogP contribution in [0.4, 0.5) is 0 Å². The Hall–Kier alpha value is -0.350. The third-order valence-electron chi connectivity index (χ3n) is 0.748. The second-order valence-electron chi connectivity index (χ2n) is 1.53. The Bertz CT molecular complexity index is 83.4. The molecule has 3 nitrogen and oxygen atoms in total. The fourth-order valence-electron chi connectivity index (χ4n) is 0.351. The Labute approximate surface area is 54.6 Å². The molecule has 0 fully saturated rings. The van der Waals surface area contributed by atoms with E-state index in [4.69, 9.17) is 11.6 Å². The summed E-state index contributed by atoms with van der Waals surface area (Å²) in [5, 5.41) is 1.61. The lowest BCUT2D eigenvalue weighted by atomic mass is 10.5. The van der Waals surface area contributed by atoms with Gasteiger partial charge in [-0.15, -0.1) is 0 Å². The van der Waals surface area contributed by atoms with Crippen molar-refractivity contribution in [1.82, 2.24) is 5.01 Å². The predicted molar refractivity (Wildman–Crippen MR) is 38.0 cm³/mol. The van der Waals surface area contributed by atoms with Gasteiger partial charge in [0.05, 0.1) is 0 Å². The second kappa shape index (κ2) is 3.63. The van der Waals surface area contributed by atoms with Crippen molar-refractivity contribution in [3.05, 3.63) is 0 Å². The highest BCUT2D eigenvalue weighted by Crippen LogP contribution is 1.79. The molecule has 0 atom stereocenters. The molecule has 0 aliphatic carbocycles. The molecule has 0 aromatic heterocycles. The molecule has 0 aliphatic rings. The summed E-state index contributed by atoms with van der Waals surface area (Å²) in [4.78, 5) is 0. The molecule has 0 saturated heterocycles. The van der Waals surface area contributed by atoms with Gasteiger partial charge in [-0.1, -0.05) is 6.92 Å². The molecule has 0 spiro atoms. The second-order valence-corrected chi connectivity index (χ2v) is 1.95. The van der Waals surface area contributed by atoms with Gasteiger partial charge in [-0.25, -0.2) is 5.84 Å². The molecule has 0 rings (SSSR count). The number of hydrogen-bond acceptors (Lipinski definition) is 2. The summed E-state index contributed by atoms with van der Waals surface area (Å²) in [6, 6.07) is 0. The van der Waals surface area contributed by atoms with Gasteiger partial charge in [0.25, 0.3) is 0 Å². The summed E-state index contributed by atoms with van der Waals surface area (Å²) in [5.74, 6) is 5.29. The first-order valence-corrected chi connectivity index (χ1v) is 2.91. The molecule has 0 saturated carbocycles. The number of hydrogen-bond donors (Lipinski definition) is 2. The van der Waals surface area contributed by atoms with Crippen LogP contribution in [0, 0.1) is 0 Å². The van der Waals surface area contributed by atoms with E-state index in [1.54, 1.807) is 0 Å². The van der Waals surface area contributed by atoms with Gasteiger partial charge < -0.3 is 5.73 Å². The van der Waals surface area contributed by atoms with Crippen molar-refractivity contribution in [3.63, 3.8) is 0 Å². The van der Waals surface area contributed by atoms with Crippen LogP contribution in [0.25, 0.3) is 0 Å². The normalized spacial score (nSPS) is 8.75. The highest BCUT2D eigenvalue weighted by Gasteiger charge is 1.94. The van der Waals surface area contributed by atoms with Crippen molar-refractivity contribution in [2.45, 2.75) is 13.3 Å². The van der Waals surface area contributed by atoms with Gasteiger partial charge >= 0.3 is 0 Å². The minimum atomic E-state index is 0.256. The molecular formula is C4H11N3S. The Balaban J connectivity index is 3.32. The zero-order chi connectivity index (χ0) is 6.57. The van der Waals surface area contributed by atoms with Crippen molar-refractivity contribution in [2.75, 3.05) is 6.54 Å². The monoisotopic (exact) mass is 133 g/mol. The van der Waals surface area contributed by atoms with Crippen LogP contribution in [0.15, 0.2) is 0 Å². The van der Waals surface area contributed by atoms with Crippen molar-refractivity contribution in [1.29, 1.82) is 0 Å². The van der Waals surface area contributed by atoms with E-state index in [-0.39, 0.29) is 5.11 Å². The van der Waals surface area contributed by atoms with Gasteiger partial charge in [-0.05, 0) is 18.6 Å². The lowest BCUT2D eigenvalue weighted by Crippen LogP contribution is -2.41. The lowest BCUT2D eigenvalue weighted by molar-refractivity contribution is 0.442. The molecule has 0 amide bonds. The van der Waals surface area contributed by atoms with Crippen LogP contribution in [0.3, 0.4) is 0 Å². The summed E-state index contributed by atoms with van der Waals surface area (Å²) in [6.07, 6.45) is 0.966. The maximum atomic E-state index is 5.29. The first-order valence-electron chi connectivity index (χ1n) is 2.50. The molecular weight excluding hydrogens is 122 g/mol. The molecule has 0 radical (unpaired) electrons. The maximum absolute atomic E-state index is 5.29. The van der Waals surface area contributed by atoms with E-state index in [9.17, 15) is 0 Å². The summed E-state index contributed by atoms with van der Waals surface area (Å²) in [5.41, 5.74) is 5.15. The first-order chi connectivity index (χ1) is 3.68. The topological polar surface area (TPSA) is 55.3 Å². The van der Waals surface area contributed by atoms with E-state index in [0.29, 0.717) is 0 Å². The van der Waals surface area contributed by atoms with Gasteiger partial charge in [0.2, 0.25) is 0 Å². The van der Waals surface area contributed by atoms with Crippen LogP contribution in [-0.2, 0) is 0 Å². The van der Waals surface area contributed by atoms with Crippen molar-refractivity contribution in [3.8, 4) is 0 Å². The molecule has 0 bridgehead atoms. The Morgan fingerprint density at radius 2 is 2.25 bits per heavy atom. The van der Waals surface area contributed by atoms with Crippen molar-refractivity contribution >= 4 is 17.3 Å². The predicted octanol–water partition coefficient (Wildman–Crippen LogP) is -0.184. The number of thiocarbonyl (C=S) groups is 1. The van der Waals surface area contributed by atoms with Crippen LogP contribution < -0.4 is 11.6 Å². The van der Waals surface area contributed by atoms with Crippen LogP contribution in [-0.4, -0.2) is 16.7 Å². The van der Waals surface area contributed by atoms with Crippen LogP contribution in [0.5, 0.6) is 0 Å². The summed E-state index contributed by atoms with van der Waals surface area (Å²) in [7, 11) is 0. The van der Waals surface area contributed by atoms with Crippen LogP contribution in [0.2, 0.25) is 0 Å². The molecule has 0 aromatic carbocycles. The fourth-order valence-corrected chi connectivity index (χ4v) is 0.442. The fraction of sp³-hybridized carbons (Fsp3) is 0.750. The molecule has 48 valence electrons.